The minimum Gasteiger partial charge on any atom is -0.315 e. The molecule has 0 amide bonds. The van der Waals surface area contributed by atoms with Crippen molar-refractivity contribution in [1.29, 1.82) is 0 Å². The van der Waals surface area contributed by atoms with Gasteiger partial charge in [-0.05, 0) is 62.7 Å². The number of rotatable bonds is 4. The predicted octanol–water partition coefficient (Wildman–Crippen LogP) is 4.41. The van der Waals surface area contributed by atoms with Crippen molar-refractivity contribution in [2.24, 2.45) is 0 Å². The molecule has 1 nitrogen and oxygen atoms in total. The first-order valence-electron chi connectivity index (χ1n) is 6.30. The zero-order chi connectivity index (χ0) is 13.2. The Balaban J connectivity index is 2.17. The van der Waals surface area contributed by atoms with Crippen LogP contribution in [0.15, 0.2) is 18.2 Å². The van der Waals surface area contributed by atoms with E-state index in [1.54, 1.807) is 0 Å². The van der Waals surface area contributed by atoms with Crippen molar-refractivity contribution in [2.75, 3.05) is 12.8 Å². The Morgan fingerprint density at radius 2 is 2.22 bits per heavy atom. The van der Waals surface area contributed by atoms with Crippen molar-refractivity contribution >= 4 is 35.0 Å². The summed E-state index contributed by atoms with van der Waals surface area (Å²) >= 11 is 14.4. The molecular formula is C14H19Cl2NS. The van der Waals surface area contributed by atoms with Gasteiger partial charge >= 0.3 is 0 Å². The fraction of sp³-hybridized carbons (Fsp3) is 0.571. The highest BCUT2D eigenvalue weighted by molar-refractivity contribution is 8.00. The normalized spacial score (nSPS) is 25.3. The van der Waals surface area contributed by atoms with Gasteiger partial charge in [0.2, 0.25) is 0 Å². The summed E-state index contributed by atoms with van der Waals surface area (Å²) in [6.07, 6.45) is 3.50. The Kier molecular flexibility index (Phi) is 4.87. The average molecular weight is 304 g/mol. The van der Waals surface area contributed by atoms with Crippen molar-refractivity contribution in [3.8, 4) is 0 Å². The first kappa shape index (κ1) is 14.5. The van der Waals surface area contributed by atoms with Crippen LogP contribution in [0.4, 0.5) is 0 Å². The summed E-state index contributed by atoms with van der Waals surface area (Å²) in [5.41, 5.74) is 1.14. The van der Waals surface area contributed by atoms with E-state index >= 15 is 0 Å². The van der Waals surface area contributed by atoms with Gasteiger partial charge in [0, 0.05) is 20.8 Å². The lowest BCUT2D eigenvalue weighted by atomic mass is 9.91. The fourth-order valence-corrected chi connectivity index (χ4v) is 4.45. The summed E-state index contributed by atoms with van der Waals surface area (Å²) in [5.74, 6) is 1.26. The summed E-state index contributed by atoms with van der Waals surface area (Å²) in [5, 5.41) is 5.03. The standard InChI is InChI=1S/C14H19Cl2NS/c1-14(6-3-7-18-14)13(17-2)9-10-8-11(15)4-5-12(10)16/h4-5,8,13,17H,3,6-7,9H2,1-2H3. The number of thioether (sulfide) groups is 1. The van der Waals surface area contributed by atoms with E-state index in [-0.39, 0.29) is 0 Å². The number of hydrogen-bond acceptors (Lipinski definition) is 2. The summed E-state index contributed by atoms with van der Waals surface area (Å²) in [7, 11) is 2.03. The summed E-state index contributed by atoms with van der Waals surface area (Å²) in [6, 6.07) is 6.14. The Morgan fingerprint density at radius 1 is 1.44 bits per heavy atom. The average Bonchev–Trinajstić information content (AvgIpc) is 2.78. The van der Waals surface area contributed by atoms with Crippen LogP contribution < -0.4 is 5.32 Å². The molecule has 1 heterocycles. The third-order valence-corrected chi connectivity index (χ3v) is 6.01. The number of hydrogen-bond donors (Lipinski definition) is 1. The molecule has 1 aliphatic heterocycles. The van der Waals surface area contributed by atoms with Crippen molar-refractivity contribution < 1.29 is 0 Å². The summed E-state index contributed by atoms with van der Waals surface area (Å²) in [6.45, 7) is 2.35. The first-order chi connectivity index (χ1) is 8.55. The lowest BCUT2D eigenvalue weighted by Crippen LogP contribution is -2.45. The van der Waals surface area contributed by atoms with Gasteiger partial charge in [0.05, 0.1) is 0 Å². The van der Waals surface area contributed by atoms with Crippen LogP contribution in [0.2, 0.25) is 10.0 Å². The number of nitrogens with one attached hydrogen (secondary N) is 1. The molecule has 1 aromatic carbocycles. The second kappa shape index (κ2) is 6.04. The minimum atomic E-state index is 0.306. The zero-order valence-electron chi connectivity index (χ0n) is 10.8. The van der Waals surface area contributed by atoms with E-state index in [2.05, 4.69) is 24.0 Å². The van der Waals surface area contributed by atoms with E-state index in [9.17, 15) is 0 Å². The number of likely N-dealkylation sites (N-methyl/N-ethyl adjacent to an activating group) is 1. The van der Waals surface area contributed by atoms with Gasteiger partial charge in [-0.25, -0.2) is 0 Å². The van der Waals surface area contributed by atoms with Crippen molar-refractivity contribution in [1.82, 2.24) is 5.32 Å². The van der Waals surface area contributed by atoms with Crippen molar-refractivity contribution in [3.05, 3.63) is 33.8 Å². The van der Waals surface area contributed by atoms with Crippen LogP contribution in [-0.2, 0) is 6.42 Å². The summed E-state index contributed by atoms with van der Waals surface area (Å²) < 4.78 is 0.306. The molecule has 2 atom stereocenters. The molecule has 2 rings (SSSR count). The SMILES string of the molecule is CNC(Cc1cc(Cl)ccc1Cl)C1(C)CCCS1. The van der Waals surface area contributed by atoms with E-state index in [1.807, 2.05) is 25.2 Å². The molecule has 0 aromatic heterocycles. The highest BCUT2D eigenvalue weighted by atomic mass is 35.5. The molecule has 1 saturated heterocycles. The van der Waals surface area contributed by atoms with E-state index in [4.69, 9.17) is 23.2 Å². The van der Waals surface area contributed by atoms with Gasteiger partial charge in [-0.1, -0.05) is 23.2 Å². The highest BCUT2D eigenvalue weighted by Gasteiger charge is 2.37. The molecule has 0 saturated carbocycles. The molecular weight excluding hydrogens is 285 g/mol. The molecule has 1 N–H and O–H groups in total. The second-order valence-electron chi connectivity index (χ2n) is 5.05. The Hall–Kier alpha value is 0.110. The lowest BCUT2D eigenvalue weighted by molar-refractivity contribution is 0.424. The third kappa shape index (κ3) is 3.16. The topological polar surface area (TPSA) is 12.0 Å². The molecule has 0 radical (unpaired) electrons. The van der Waals surface area contributed by atoms with Gasteiger partial charge in [-0.3, -0.25) is 0 Å². The van der Waals surface area contributed by atoms with Crippen LogP contribution in [0.5, 0.6) is 0 Å². The van der Waals surface area contributed by atoms with Crippen LogP contribution >= 0.6 is 35.0 Å². The maximum Gasteiger partial charge on any atom is 0.0439 e. The van der Waals surface area contributed by atoms with Crippen LogP contribution in [-0.4, -0.2) is 23.6 Å². The molecule has 18 heavy (non-hydrogen) atoms. The van der Waals surface area contributed by atoms with Crippen molar-refractivity contribution in [2.45, 2.75) is 37.0 Å². The molecule has 1 aliphatic rings. The molecule has 0 aliphatic carbocycles. The Labute approximate surface area is 124 Å². The monoisotopic (exact) mass is 303 g/mol. The molecule has 0 spiro atoms. The van der Waals surface area contributed by atoms with Crippen LogP contribution in [0.1, 0.15) is 25.3 Å². The van der Waals surface area contributed by atoms with Gasteiger partial charge in [0.25, 0.3) is 0 Å². The van der Waals surface area contributed by atoms with E-state index < -0.39 is 0 Å². The molecule has 2 unspecified atom stereocenters. The zero-order valence-corrected chi connectivity index (χ0v) is 13.1. The molecule has 100 valence electrons. The number of halogens is 2. The maximum absolute atomic E-state index is 6.26. The van der Waals surface area contributed by atoms with E-state index in [0.717, 1.165) is 22.0 Å². The molecule has 1 fully saturated rings. The Morgan fingerprint density at radius 3 is 2.83 bits per heavy atom. The maximum atomic E-state index is 6.26. The highest BCUT2D eigenvalue weighted by Crippen LogP contribution is 2.41. The van der Waals surface area contributed by atoms with Crippen LogP contribution in [0, 0.1) is 0 Å². The van der Waals surface area contributed by atoms with Gasteiger partial charge in [0.15, 0.2) is 0 Å². The molecule has 4 heteroatoms. The predicted molar refractivity (Wildman–Crippen MR) is 83.1 cm³/mol. The van der Waals surface area contributed by atoms with E-state index in [0.29, 0.717) is 10.8 Å². The van der Waals surface area contributed by atoms with Gasteiger partial charge in [0.1, 0.15) is 0 Å². The first-order valence-corrected chi connectivity index (χ1v) is 8.04. The largest absolute Gasteiger partial charge is 0.315 e. The van der Waals surface area contributed by atoms with Gasteiger partial charge < -0.3 is 5.32 Å². The second-order valence-corrected chi connectivity index (χ2v) is 7.52. The lowest BCUT2D eigenvalue weighted by Gasteiger charge is -2.33. The minimum absolute atomic E-state index is 0.306. The molecule has 1 aromatic rings. The van der Waals surface area contributed by atoms with Gasteiger partial charge in [-0.2, -0.15) is 11.8 Å². The molecule has 0 bridgehead atoms. The smallest absolute Gasteiger partial charge is 0.0439 e. The van der Waals surface area contributed by atoms with Crippen molar-refractivity contribution in [3.63, 3.8) is 0 Å². The van der Waals surface area contributed by atoms with Crippen LogP contribution in [0.3, 0.4) is 0 Å². The third-order valence-electron chi connectivity index (χ3n) is 3.77. The van der Waals surface area contributed by atoms with E-state index in [1.165, 1.54) is 18.6 Å². The Bertz CT molecular complexity index is 416. The number of benzene rings is 1. The van der Waals surface area contributed by atoms with Crippen LogP contribution in [0.25, 0.3) is 0 Å². The summed E-state index contributed by atoms with van der Waals surface area (Å²) in [4.78, 5) is 0. The van der Waals surface area contributed by atoms with Gasteiger partial charge in [-0.15, -0.1) is 0 Å². The quantitative estimate of drug-likeness (QED) is 0.884. The fourth-order valence-electron chi connectivity index (χ4n) is 2.62.